The molecule has 0 fully saturated rings. The van der Waals surface area contributed by atoms with Gasteiger partial charge in [0.25, 0.3) is 7.82 Å². The van der Waals surface area contributed by atoms with E-state index < -0.39 is 26.6 Å². The van der Waals surface area contributed by atoms with Gasteiger partial charge in [-0.3, -0.25) is 9.36 Å². The van der Waals surface area contributed by atoms with Crippen LogP contribution in [0.15, 0.2) is 60.8 Å². The lowest BCUT2D eigenvalue weighted by atomic mass is 10.0. The third-order valence-corrected chi connectivity index (χ3v) is 17.9. The Morgan fingerprint density at radius 2 is 0.694 bits per heavy atom. The van der Waals surface area contributed by atoms with Gasteiger partial charge >= 0.3 is 0 Å². The van der Waals surface area contributed by atoms with E-state index in [9.17, 15) is 19.4 Å². The van der Waals surface area contributed by atoms with Crippen LogP contribution < -0.4 is 10.2 Å². The summed E-state index contributed by atoms with van der Waals surface area (Å²) >= 11 is 0. The van der Waals surface area contributed by atoms with Crippen molar-refractivity contribution in [1.29, 1.82) is 0 Å². The van der Waals surface area contributed by atoms with Gasteiger partial charge in [-0.05, 0) is 77.0 Å². The van der Waals surface area contributed by atoms with Gasteiger partial charge in [-0.25, -0.2) is 0 Å². The largest absolute Gasteiger partial charge is 0.756 e. The molecular weight excluding hydrogens is 1070 g/mol. The lowest BCUT2D eigenvalue weighted by Crippen LogP contribution is -2.45. The van der Waals surface area contributed by atoms with Crippen molar-refractivity contribution in [1.82, 2.24) is 5.32 Å². The number of quaternary nitrogens is 1. The molecule has 1 amide bonds. The summed E-state index contributed by atoms with van der Waals surface area (Å²) in [5.41, 5.74) is 0. The van der Waals surface area contributed by atoms with Crippen LogP contribution >= 0.6 is 7.82 Å². The first-order valence-corrected chi connectivity index (χ1v) is 38.6. The number of carbonyl (C=O) groups excluding carboxylic acids is 1. The summed E-state index contributed by atoms with van der Waals surface area (Å²) in [6.45, 7) is 4.66. The number of amides is 1. The molecule has 85 heavy (non-hydrogen) atoms. The highest BCUT2D eigenvalue weighted by atomic mass is 31.2. The van der Waals surface area contributed by atoms with E-state index in [0.29, 0.717) is 17.4 Å². The van der Waals surface area contributed by atoms with E-state index >= 15 is 0 Å². The van der Waals surface area contributed by atoms with Gasteiger partial charge in [0.1, 0.15) is 13.2 Å². The molecule has 0 radical (unpaired) electrons. The van der Waals surface area contributed by atoms with Crippen molar-refractivity contribution in [3.8, 4) is 0 Å². The summed E-state index contributed by atoms with van der Waals surface area (Å²) in [7, 11) is 1.25. The first-order valence-electron chi connectivity index (χ1n) is 37.2. The monoisotopic (exact) mass is 1210 g/mol. The molecule has 0 heterocycles. The van der Waals surface area contributed by atoms with Crippen LogP contribution in [0.3, 0.4) is 0 Å². The van der Waals surface area contributed by atoms with Crippen molar-refractivity contribution in [2.24, 2.45) is 0 Å². The standard InChI is InChI=1S/C76H145N2O6P/c1-6-8-10-12-14-16-18-20-22-24-26-28-30-32-34-36-38-40-41-43-45-47-49-51-53-55-57-59-61-63-65-67-69-75(79)74(73-84-85(81,82)83-72-71-78(3,4)5)77-76(80)70-68-66-64-62-60-58-56-54-52-50-48-46-44-42-39-37-35-33-31-29-27-25-23-21-19-17-15-13-11-9-7-2/h19,21,25,27,51,53,59,61,67,69,74-75,79H,6-18,20,22-24,26,28-50,52,54-58,60,62-66,68,70-73H2,1-5H3,(H-,77,80,81,82)/b21-19-,27-25-,53-51+,61-59+,69-67+. The maximum absolute atomic E-state index is 13.0. The average Bonchev–Trinajstić information content (AvgIpc) is 3.49. The number of aliphatic hydroxyl groups excluding tert-OH is 1. The van der Waals surface area contributed by atoms with Gasteiger partial charge in [0, 0.05) is 6.42 Å². The zero-order valence-electron chi connectivity index (χ0n) is 57.3. The van der Waals surface area contributed by atoms with Crippen molar-refractivity contribution >= 4 is 13.7 Å². The number of hydrogen-bond donors (Lipinski definition) is 2. The van der Waals surface area contributed by atoms with Crippen molar-refractivity contribution in [2.75, 3.05) is 40.9 Å². The van der Waals surface area contributed by atoms with Crippen LogP contribution in [0, 0.1) is 0 Å². The minimum Gasteiger partial charge on any atom is -0.756 e. The first kappa shape index (κ1) is 83.2. The molecule has 3 unspecified atom stereocenters. The summed E-state index contributed by atoms with van der Waals surface area (Å²) < 4.78 is 23.5. The fourth-order valence-electron chi connectivity index (χ4n) is 11.2. The summed E-state index contributed by atoms with van der Waals surface area (Å²) in [5, 5.41) is 14.0. The number of nitrogens with one attached hydrogen (secondary N) is 1. The van der Waals surface area contributed by atoms with Crippen LogP contribution in [0.2, 0.25) is 0 Å². The number of nitrogens with zero attached hydrogens (tertiary/aromatic N) is 1. The predicted octanol–water partition coefficient (Wildman–Crippen LogP) is 23.3. The summed E-state index contributed by atoms with van der Waals surface area (Å²) in [6.07, 6.45) is 92.3. The quantitative estimate of drug-likeness (QED) is 0.0272. The van der Waals surface area contributed by atoms with Gasteiger partial charge in [0.2, 0.25) is 5.91 Å². The molecule has 0 aromatic carbocycles. The van der Waals surface area contributed by atoms with Crippen LogP contribution in [0.25, 0.3) is 0 Å². The number of hydrogen-bond acceptors (Lipinski definition) is 6. The second kappa shape index (κ2) is 66.6. The second-order valence-electron chi connectivity index (χ2n) is 26.6. The number of aliphatic hydroxyl groups is 1. The SMILES string of the molecule is CCCCCCC/C=C\C/C=C\CCCCCCCCCCCCCCCCCCCCCC(=O)NC(COP(=O)([O-])OCC[N+](C)(C)C)C(O)/C=C/CC/C=C/CC/C=C/CCCCCCCCCCCCCCCCCCCCCCCC. The molecule has 0 aliphatic heterocycles. The van der Waals surface area contributed by atoms with Crippen molar-refractivity contribution in [3.05, 3.63) is 60.8 Å². The van der Waals surface area contributed by atoms with Crippen LogP contribution in [0.1, 0.15) is 367 Å². The normalized spacial score (nSPS) is 13.9. The Labute approximate surface area is 530 Å². The van der Waals surface area contributed by atoms with E-state index in [1.54, 1.807) is 6.08 Å². The molecule has 0 aliphatic carbocycles. The lowest BCUT2D eigenvalue weighted by Gasteiger charge is -2.29. The summed E-state index contributed by atoms with van der Waals surface area (Å²) in [5.74, 6) is -0.206. The van der Waals surface area contributed by atoms with E-state index in [1.807, 2.05) is 27.2 Å². The fraction of sp³-hybridized carbons (Fsp3) is 0.855. The predicted molar refractivity (Wildman–Crippen MR) is 371 cm³/mol. The number of rotatable bonds is 69. The van der Waals surface area contributed by atoms with Gasteiger partial charge in [-0.1, -0.05) is 344 Å². The zero-order chi connectivity index (χ0) is 61.9. The highest BCUT2D eigenvalue weighted by molar-refractivity contribution is 7.45. The number of unbranched alkanes of at least 4 members (excludes halogenated alkanes) is 48. The topological polar surface area (TPSA) is 108 Å². The molecule has 0 aliphatic rings. The average molecular weight is 1210 g/mol. The third-order valence-electron chi connectivity index (χ3n) is 16.9. The number of phosphoric ester groups is 1. The molecule has 0 spiro atoms. The Hall–Kier alpha value is -1.80. The van der Waals surface area contributed by atoms with Crippen LogP contribution in [-0.2, 0) is 18.4 Å². The van der Waals surface area contributed by atoms with Gasteiger partial charge in [-0.2, -0.15) is 0 Å². The molecule has 0 bridgehead atoms. The Balaban J connectivity index is 4.08. The number of phosphoric acid groups is 1. The van der Waals surface area contributed by atoms with Crippen molar-refractivity contribution in [3.63, 3.8) is 0 Å². The second-order valence-corrected chi connectivity index (χ2v) is 28.0. The van der Waals surface area contributed by atoms with Gasteiger partial charge in [0.05, 0.1) is 39.9 Å². The van der Waals surface area contributed by atoms with Crippen molar-refractivity contribution < 1.29 is 32.9 Å². The third kappa shape index (κ3) is 69.5. The molecule has 0 aromatic heterocycles. The lowest BCUT2D eigenvalue weighted by molar-refractivity contribution is -0.870. The maximum Gasteiger partial charge on any atom is 0.268 e. The minimum absolute atomic E-state index is 0.00895. The van der Waals surface area contributed by atoms with Crippen LogP contribution in [-0.4, -0.2) is 68.5 Å². The Morgan fingerprint density at radius 1 is 0.412 bits per heavy atom. The number of likely N-dealkylation sites (N-methyl/N-ethyl adjacent to an activating group) is 1. The zero-order valence-corrected chi connectivity index (χ0v) is 58.2. The Bertz CT molecular complexity index is 1570. The molecule has 2 N–H and O–H groups in total. The Morgan fingerprint density at radius 3 is 1.02 bits per heavy atom. The maximum atomic E-state index is 13.0. The summed E-state index contributed by atoms with van der Waals surface area (Å²) in [4.78, 5) is 25.7. The van der Waals surface area contributed by atoms with Crippen LogP contribution in [0.5, 0.6) is 0 Å². The van der Waals surface area contributed by atoms with Gasteiger partial charge < -0.3 is 28.8 Å². The molecule has 8 nitrogen and oxygen atoms in total. The molecule has 9 heteroatoms. The van der Waals surface area contributed by atoms with Gasteiger partial charge in [-0.15, -0.1) is 0 Å². The van der Waals surface area contributed by atoms with Crippen LogP contribution in [0.4, 0.5) is 0 Å². The molecule has 0 aromatic rings. The first-order chi connectivity index (χ1) is 41.5. The smallest absolute Gasteiger partial charge is 0.268 e. The number of carbonyl (C=O) groups is 1. The van der Waals surface area contributed by atoms with E-state index in [0.717, 1.165) is 51.4 Å². The number of allylic oxidation sites excluding steroid dienone is 9. The van der Waals surface area contributed by atoms with E-state index in [-0.39, 0.29) is 12.5 Å². The molecule has 0 saturated carbocycles. The molecule has 500 valence electrons. The Kier molecular flexibility index (Phi) is 65.2. The molecule has 3 atom stereocenters. The molecule has 0 saturated heterocycles. The highest BCUT2D eigenvalue weighted by Crippen LogP contribution is 2.38. The van der Waals surface area contributed by atoms with E-state index in [1.165, 1.54) is 295 Å². The van der Waals surface area contributed by atoms with E-state index in [2.05, 4.69) is 67.8 Å². The van der Waals surface area contributed by atoms with Crippen molar-refractivity contribution in [2.45, 2.75) is 379 Å². The molecule has 0 rings (SSSR count). The highest BCUT2D eigenvalue weighted by Gasteiger charge is 2.23. The van der Waals surface area contributed by atoms with Gasteiger partial charge in [0.15, 0.2) is 0 Å². The molecular formula is C76H145N2O6P. The minimum atomic E-state index is -4.62. The van der Waals surface area contributed by atoms with E-state index in [4.69, 9.17) is 9.05 Å². The summed E-state index contributed by atoms with van der Waals surface area (Å²) in [6, 6.07) is -0.913. The fourth-order valence-corrected chi connectivity index (χ4v) is 11.9.